The number of nitro groups is 1. The molecule has 0 unspecified atom stereocenters. The summed E-state index contributed by atoms with van der Waals surface area (Å²) in [6.07, 6.45) is 0. The molecule has 110 valence electrons. The number of hydrogen-bond acceptors (Lipinski definition) is 6. The lowest BCUT2D eigenvalue weighted by Gasteiger charge is -2.10. The SMILES string of the molecule is CNc1nc(C)c([N+](=O)[O-])c(Oc2cc(F)ccc2C)n1. The van der Waals surface area contributed by atoms with Crippen LogP contribution in [0.25, 0.3) is 0 Å². The predicted octanol–water partition coefficient (Wildman–Crippen LogP) is 2.97. The Morgan fingerprint density at radius 2 is 2.05 bits per heavy atom. The van der Waals surface area contributed by atoms with Crippen LogP contribution in [0.5, 0.6) is 11.6 Å². The minimum atomic E-state index is -0.626. The van der Waals surface area contributed by atoms with Crippen molar-refractivity contribution in [3.63, 3.8) is 0 Å². The third-order valence-corrected chi connectivity index (χ3v) is 2.79. The quantitative estimate of drug-likeness (QED) is 0.688. The molecule has 0 amide bonds. The average molecular weight is 292 g/mol. The van der Waals surface area contributed by atoms with E-state index in [2.05, 4.69) is 15.3 Å². The topological polar surface area (TPSA) is 90.2 Å². The maximum Gasteiger partial charge on any atom is 0.352 e. The van der Waals surface area contributed by atoms with Crippen molar-refractivity contribution in [1.29, 1.82) is 0 Å². The van der Waals surface area contributed by atoms with Crippen LogP contribution in [0.2, 0.25) is 0 Å². The zero-order valence-corrected chi connectivity index (χ0v) is 11.7. The molecule has 2 rings (SSSR count). The van der Waals surface area contributed by atoms with E-state index in [4.69, 9.17) is 4.74 Å². The molecule has 8 heteroatoms. The molecule has 0 spiro atoms. The van der Waals surface area contributed by atoms with Gasteiger partial charge in [0.1, 0.15) is 17.3 Å². The molecule has 0 radical (unpaired) electrons. The summed E-state index contributed by atoms with van der Waals surface area (Å²) in [7, 11) is 1.58. The van der Waals surface area contributed by atoms with Crippen molar-refractivity contribution in [3.05, 3.63) is 45.4 Å². The zero-order valence-electron chi connectivity index (χ0n) is 11.7. The largest absolute Gasteiger partial charge is 0.433 e. The number of aromatic nitrogens is 2. The molecule has 0 fully saturated rings. The van der Waals surface area contributed by atoms with Crippen LogP contribution in [0.1, 0.15) is 11.3 Å². The van der Waals surface area contributed by atoms with Crippen LogP contribution >= 0.6 is 0 Å². The Morgan fingerprint density at radius 3 is 2.67 bits per heavy atom. The van der Waals surface area contributed by atoms with E-state index in [1.54, 1.807) is 14.0 Å². The molecule has 0 saturated carbocycles. The molecule has 21 heavy (non-hydrogen) atoms. The third kappa shape index (κ3) is 3.04. The summed E-state index contributed by atoms with van der Waals surface area (Å²) in [6, 6.07) is 3.94. The normalized spacial score (nSPS) is 10.3. The van der Waals surface area contributed by atoms with Gasteiger partial charge in [-0.15, -0.1) is 0 Å². The number of hydrogen-bond donors (Lipinski definition) is 1. The van der Waals surface area contributed by atoms with Crippen LogP contribution in [0.15, 0.2) is 18.2 Å². The van der Waals surface area contributed by atoms with Crippen LogP contribution in [-0.2, 0) is 0 Å². The number of halogens is 1. The Labute approximate surface area is 120 Å². The van der Waals surface area contributed by atoms with Crippen LogP contribution in [0.4, 0.5) is 16.0 Å². The fourth-order valence-corrected chi connectivity index (χ4v) is 1.72. The Balaban J connectivity index is 2.54. The molecule has 0 saturated heterocycles. The third-order valence-electron chi connectivity index (χ3n) is 2.79. The summed E-state index contributed by atoms with van der Waals surface area (Å²) < 4.78 is 18.7. The lowest BCUT2D eigenvalue weighted by Crippen LogP contribution is -2.05. The van der Waals surface area contributed by atoms with Crippen molar-refractivity contribution >= 4 is 11.6 Å². The summed E-state index contributed by atoms with van der Waals surface area (Å²) in [6.45, 7) is 3.18. The highest BCUT2D eigenvalue weighted by atomic mass is 19.1. The summed E-state index contributed by atoms with van der Waals surface area (Å²) in [5.74, 6) is -0.385. The molecule has 0 bridgehead atoms. The predicted molar refractivity (Wildman–Crippen MR) is 74.2 cm³/mol. The second-order valence-corrected chi connectivity index (χ2v) is 4.31. The van der Waals surface area contributed by atoms with Crippen molar-refractivity contribution in [1.82, 2.24) is 9.97 Å². The maximum absolute atomic E-state index is 13.3. The first-order valence-electron chi connectivity index (χ1n) is 6.07. The Morgan fingerprint density at radius 1 is 1.33 bits per heavy atom. The number of rotatable bonds is 4. The highest BCUT2D eigenvalue weighted by Crippen LogP contribution is 2.33. The number of anilines is 1. The summed E-state index contributed by atoms with van der Waals surface area (Å²) >= 11 is 0. The van der Waals surface area contributed by atoms with Crippen LogP contribution in [0, 0.1) is 29.8 Å². The summed E-state index contributed by atoms with van der Waals surface area (Å²) in [5, 5.41) is 13.8. The molecule has 0 aliphatic heterocycles. The molecule has 0 atom stereocenters. The minimum Gasteiger partial charge on any atom is -0.433 e. The van der Waals surface area contributed by atoms with Crippen LogP contribution in [0.3, 0.4) is 0 Å². The van der Waals surface area contributed by atoms with Gasteiger partial charge in [-0.3, -0.25) is 10.1 Å². The number of aryl methyl sites for hydroxylation is 2. The van der Waals surface area contributed by atoms with Gasteiger partial charge in [0.2, 0.25) is 5.95 Å². The fourth-order valence-electron chi connectivity index (χ4n) is 1.72. The highest BCUT2D eigenvalue weighted by molar-refractivity contribution is 5.51. The fraction of sp³-hybridized carbons (Fsp3) is 0.231. The van der Waals surface area contributed by atoms with Crippen LogP contribution in [-0.4, -0.2) is 21.9 Å². The first kappa shape index (κ1) is 14.6. The standard InChI is InChI=1S/C13H13FN4O3/c1-7-4-5-9(14)6-10(7)21-12-11(18(19)20)8(2)16-13(15-3)17-12/h4-6H,1-3H3,(H,15,16,17). The Kier molecular flexibility index (Phi) is 3.97. The van der Waals surface area contributed by atoms with Gasteiger partial charge in [-0.05, 0) is 25.5 Å². The van der Waals surface area contributed by atoms with E-state index in [0.29, 0.717) is 5.56 Å². The van der Waals surface area contributed by atoms with Crippen molar-refractivity contribution in [2.75, 3.05) is 12.4 Å². The van der Waals surface area contributed by atoms with E-state index in [-0.39, 0.29) is 29.0 Å². The number of nitrogens with zero attached hydrogens (tertiary/aromatic N) is 3. The number of benzene rings is 1. The zero-order chi connectivity index (χ0) is 15.6. The second-order valence-electron chi connectivity index (χ2n) is 4.31. The first-order chi connectivity index (χ1) is 9.92. The van der Waals surface area contributed by atoms with Gasteiger partial charge in [0.15, 0.2) is 0 Å². The molecular formula is C13H13FN4O3. The Hall–Kier alpha value is -2.77. The van der Waals surface area contributed by atoms with Gasteiger partial charge in [0, 0.05) is 13.1 Å². The summed E-state index contributed by atoms with van der Waals surface area (Å²) in [5.41, 5.74) is 0.439. The number of nitrogens with one attached hydrogen (secondary N) is 1. The average Bonchev–Trinajstić information content (AvgIpc) is 2.41. The number of ether oxygens (including phenoxy) is 1. The van der Waals surface area contributed by atoms with Gasteiger partial charge in [0.05, 0.1) is 4.92 Å². The lowest BCUT2D eigenvalue weighted by atomic mass is 10.2. The van der Waals surface area contributed by atoms with Gasteiger partial charge >= 0.3 is 11.6 Å². The van der Waals surface area contributed by atoms with Gasteiger partial charge in [-0.1, -0.05) is 6.07 Å². The molecule has 0 aliphatic rings. The van der Waals surface area contributed by atoms with E-state index in [0.717, 1.165) is 6.07 Å². The maximum atomic E-state index is 13.3. The molecular weight excluding hydrogens is 279 g/mol. The molecule has 2 aromatic rings. The Bertz CT molecular complexity index is 706. The van der Waals surface area contributed by atoms with Crippen molar-refractivity contribution < 1.29 is 14.1 Å². The van der Waals surface area contributed by atoms with E-state index < -0.39 is 10.7 Å². The highest BCUT2D eigenvalue weighted by Gasteiger charge is 2.24. The summed E-state index contributed by atoms with van der Waals surface area (Å²) in [4.78, 5) is 18.4. The van der Waals surface area contributed by atoms with Crippen molar-refractivity contribution in [3.8, 4) is 11.6 Å². The van der Waals surface area contributed by atoms with E-state index in [1.165, 1.54) is 19.1 Å². The molecule has 1 aromatic heterocycles. The van der Waals surface area contributed by atoms with Gasteiger partial charge in [0.25, 0.3) is 0 Å². The molecule has 1 heterocycles. The second kappa shape index (κ2) is 5.70. The van der Waals surface area contributed by atoms with Gasteiger partial charge in [-0.25, -0.2) is 9.37 Å². The first-order valence-corrected chi connectivity index (χ1v) is 6.07. The van der Waals surface area contributed by atoms with Crippen molar-refractivity contribution in [2.45, 2.75) is 13.8 Å². The molecule has 7 nitrogen and oxygen atoms in total. The van der Waals surface area contributed by atoms with Gasteiger partial charge in [-0.2, -0.15) is 4.98 Å². The van der Waals surface area contributed by atoms with Gasteiger partial charge < -0.3 is 10.1 Å². The smallest absolute Gasteiger partial charge is 0.352 e. The monoisotopic (exact) mass is 292 g/mol. The molecule has 0 aliphatic carbocycles. The molecule has 1 aromatic carbocycles. The van der Waals surface area contributed by atoms with E-state index in [9.17, 15) is 14.5 Å². The molecule has 1 N–H and O–H groups in total. The lowest BCUT2D eigenvalue weighted by molar-refractivity contribution is -0.386. The van der Waals surface area contributed by atoms with E-state index in [1.807, 2.05) is 0 Å². The van der Waals surface area contributed by atoms with E-state index >= 15 is 0 Å². The van der Waals surface area contributed by atoms with Crippen LogP contribution < -0.4 is 10.1 Å². The minimum absolute atomic E-state index is 0.156. The van der Waals surface area contributed by atoms with Crippen molar-refractivity contribution in [2.24, 2.45) is 0 Å².